The van der Waals surface area contributed by atoms with E-state index in [-0.39, 0.29) is 18.7 Å². The van der Waals surface area contributed by atoms with Crippen LogP contribution in [-0.2, 0) is 6.42 Å². The van der Waals surface area contributed by atoms with Gasteiger partial charge in [0, 0.05) is 5.56 Å². The smallest absolute Gasteiger partial charge is 0.322 e. The summed E-state index contributed by atoms with van der Waals surface area (Å²) in [6.45, 7) is 4.25. The molecule has 0 saturated heterocycles. The lowest BCUT2D eigenvalue weighted by Gasteiger charge is -2.04. The molecule has 0 radical (unpaired) electrons. The summed E-state index contributed by atoms with van der Waals surface area (Å²) in [6, 6.07) is 11.2. The third-order valence-electron chi connectivity index (χ3n) is 4.16. The molecule has 26 heavy (non-hydrogen) atoms. The first-order chi connectivity index (χ1) is 12.6. The number of hydrogen-bond donors (Lipinski definition) is 1. The quantitative estimate of drug-likeness (QED) is 0.776. The fourth-order valence-electron chi connectivity index (χ4n) is 2.79. The average molecular weight is 351 g/mol. The molecule has 132 valence electrons. The van der Waals surface area contributed by atoms with Crippen molar-refractivity contribution in [2.45, 2.75) is 20.3 Å². The Hall–Kier alpha value is -3.35. The number of aromatic nitrogens is 2. The molecule has 2 heterocycles. The van der Waals surface area contributed by atoms with Crippen molar-refractivity contribution < 1.29 is 18.7 Å². The molecule has 0 spiro atoms. The Balaban J connectivity index is 1.45. The Bertz CT molecular complexity index is 981. The van der Waals surface area contributed by atoms with Crippen LogP contribution in [0.5, 0.6) is 11.5 Å². The number of nitrogens with zero attached hydrogens (tertiary/aromatic N) is 2. The average Bonchev–Trinajstić information content (AvgIpc) is 3.25. The lowest BCUT2D eigenvalue weighted by atomic mass is 10.0. The molecule has 1 aliphatic rings. The zero-order valence-electron chi connectivity index (χ0n) is 14.4. The van der Waals surface area contributed by atoms with E-state index in [1.54, 1.807) is 18.2 Å². The Kier molecular flexibility index (Phi) is 4.04. The lowest BCUT2D eigenvalue weighted by Crippen LogP contribution is -2.12. The van der Waals surface area contributed by atoms with E-state index in [0.29, 0.717) is 29.4 Å². The summed E-state index contributed by atoms with van der Waals surface area (Å²) in [5.74, 6) is 1.25. The molecule has 7 heteroatoms. The highest BCUT2D eigenvalue weighted by atomic mass is 16.7. The molecule has 0 saturated carbocycles. The zero-order valence-corrected chi connectivity index (χ0v) is 14.4. The Labute approximate surface area is 150 Å². The maximum Gasteiger partial charge on any atom is 0.322 e. The van der Waals surface area contributed by atoms with Gasteiger partial charge in [0.15, 0.2) is 11.5 Å². The van der Waals surface area contributed by atoms with Crippen molar-refractivity contribution in [3.8, 4) is 11.5 Å². The number of benzene rings is 2. The minimum absolute atomic E-state index is 0.0624. The van der Waals surface area contributed by atoms with E-state index in [0.717, 1.165) is 11.1 Å². The number of fused-ring (bicyclic) bond motifs is 1. The second-order valence-corrected chi connectivity index (χ2v) is 6.13. The van der Waals surface area contributed by atoms with E-state index < -0.39 is 0 Å². The number of anilines is 1. The van der Waals surface area contributed by atoms with Crippen molar-refractivity contribution in [3.05, 3.63) is 64.5 Å². The lowest BCUT2D eigenvalue weighted by molar-refractivity contribution is 0.102. The molecular weight excluding hydrogens is 334 g/mol. The highest BCUT2D eigenvalue weighted by molar-refractivity contribution is 6.03. The van der Waals surface area contributed by atoms with Gasteiger partial charge in [-0.15, -0.1) is 5.10 Å². The van der Waals surface area contributed by atoms with Crippen molar-refractivity contribution in [1.29, 1.82) is 0 Å². The summed E-state index contributed by atoms with van der Waals surface area (Å²) in [6.07, 6.45) is 0.513. The van der Waals surface area contributed by atoms with E-state index in [1.165, 1.54) is 5.56 Å². The molecule has 0 atom stereocenters. The largest absolute Gasteiger partial charge is 0.454 e. The second kappa shape index (κ2) is 6.51. The van der Waals surface area contributed by atoms with Crippen LogP contribution in [0.2, 0.25) is 0 Å². The van der Waals surface area contributed by atoms with Gasteiger partial charge < -0.3 is 13.9 Å². The molecule has 7 nitrogen and oxygen atoms in total. The molecule has 4 rings (SSSR count). The van der Waals surface area contributed by atoms with Gasteiger partial charge in [-0.3, -0.25) is 10.1 Å². The third-order valence-corrected chi connectivity index (χ3v) is 4.16. The van der Waals surface area contributed by atoms with Crippen molar-refractivity contribution >= 4 is 11.9 Å². The van der Waals surface area contributed by atoms with Gasteiger partial charge in [-0.1, -0.05) is 28.9 Å². The molecule has 1 aromatic heterocycles. The molecule has 0 unspecified atom stereocenters. The second-order valence-electron chi connectivity index (χ2n) is 6.13. The van der Waals surface area contributed by atoms with E-state index in [9.17, 15) is 4.79 Å². The van der Waals surface area contributed by atoms with Crippen molar-refractivity contribution in [3.63, 3.8) is 0 Å². The topological polar surface area (TPSA) is 86.5 Å². The molecular formula is C19H17N3O4. The van der Waals surface area contributed by atoms with Crippen LogP contribution in [0.3, 0.4) is 0 Å². The van der Waals surface area contributed by atoms with Crippen LogP contribution in [0.15, 0.2) is 40.8 Å². The first-order valence-electron chi connectivity index (χ1n) is 8.18. The number of rotatable bonds is 4. The summed E-state index contributed by atoms with van der Waals surface area (Å²) in [5, 5.41) is 10.5. The summed E-state index contributed by atoms with van der Waals surface area (Å²) in [7, 11) is 0. The molecule has 0 bridgehead atoms. The summed E-state index contributed by atoms with van der Waals surface area (Å²) in [4.78, 5) is 12.3. The minimum atomic E-state index is -0.356. The van der Waals surface area contributed by atoms with Crippen molar-refractivity contribution in [2.75, 3.05) is 12.1 Å². The summed E-state index contributed by atoms with van der Waals surface area (Å²) >= 11 is 0. The van der Waals surface area contributed by atoms with E-state index in [2.05, 4.69) is 21.6 Å². The normalized spacial score (nSPS) is 12.2. The van der Waals surface area contributed by atoms with Crippen LogP contribution in [-0.4, -0.2) is 22.9 Å². The Morgan fingerprint density at radius 2 is 1.92 bits per heavy atom. The fourth-order valence-corrected chi connectivity index (χ4v) is 2.79. The fraction of sp³-hybridized carbons (Fsp3) is 0.211. The van der Waals surface area contributed by atoms with E-state index in [1.807, 2.05) is 26.0 Å². The molecule has 1 N–H and O–H groups in total. The van der Waals surface area contributed by atoms with Gasteiger partial charge in [0.25, 0.3) is 5.91 Å². The molecule has 1 aliphatic heterocycles. The molecule has 0 aliphatic carbocycles. The predicted molar refractivity (Wildman–Crippen MR) is 93.5 cm³/mol. The summed E-state index contributed by atoms with van der Waals surface area (Å²) in [5.41, 5.74) is 3.89. The standard InChI is InChI=1S/C19H17N3O4/c1-11-3-4-13(12(2)7-11)9-17-21-22-19(26-17)20-18(23)14-5-6-15-16(8-14)25-10-24-15/h3-8H,9-10H2,1-2H3,(H,20,22,23). The number of carbonyl (C=O) groups excluding carboxylic acids is 1. The number of aryl methyl sites for hydroxylation is 2. The number of hydrogen-bond acceptors (Lipinski definition) is 6. The van der Waals surface area contributed by atoms with Crippen LogP contribution in [0.4, 0.5) is 6.01 Å². The van der Waals surface area contributed by atoms with Gasteiger partial charge in [0.2, 0.25) is 12.7 Å². The highest BCUT2D eigenvalue weighted by Gasteiger charge is 2.18. The van der Waals surface area contributed by atoms with E-state index >= 15 is 0 Å². The Morgan fingerprint density at radius 1 is 1.08 bits per heavy atom. The van der Waals surface area contributed by atoms with Gasteiger partial charge in [-0.25, -0.2) is 0 Å². The van der Waals surface area contributed by atoms with Gasteiger partial charge in [0.1, 0.15) is 0 Å². The number of nitrogens with one attached hydrogen (secondary N) is 1. The van der Waals surface area contributed by atoms with Gasteiger partial charge in [-0.05, 0) is 43.2 Å². The van der Waals surface area contributed by atoms with Crippen LogP contribution < -0.4 is 14.8 Å². The van der Waals surface area contributed by atoms with Crippen molar-refractivity contribution in [1.82, 2.24) is 10.2 Å². The van der Waals surface area contributed by atoms with E-state index in [4.69, 9.17) is 13.9 Å². The third kappa shape index (κ3) is 3.23. The first kappa shape index (κ1) is 16.1. The number of ether oxygens (including phenoxy) is 2. The van der Waals surface area contributed by atoms with Gasteiger partial charge >= 0.3 is 6.01 Å². The van der Waals surface area contributed by atoms with Crippen LogP contribution in [0.1, 0.15) is 32.9 Å². The SMILES string of the molecule is Cc1ccc(Cc2nnc(NC(=O)c3ccc4c(c3)OCO4)o2)c(C)c1. The first-order valence-corrected chi connectivity index (χ1v) is 8.18. The maximum absolute atomic E-state index is 12.3. The van der Waals surface area contributed by atoms with Crippen molar-refractivity contribution in [2.24, 2.45) is 0 Å². The van der Waals surface area contributed by atoms with Crippen LogP contribution in [0, 0.1) is 13.8 Å². The number of carbonyl (C=O) groups is 1. The monoisotopic (exact) mass is 351 g/mol. The molecule has 3 aromatic rings. The molecule has 0 fully saturated rings. The molecule has 1 amide bonds. The van der Waals surface area contributed by atoms with Gasteiger partial charge in [-0.2, -0.15) is 0 Å². The molecule has 2 aromatic carbocycles. The zero-order chi connectivity index (χ0) is 18.1. The van der Waals surface area contributed by atoms with Crippen LogP contribution in [0.25, 0.3) is 0 Å². The maximum atomic E-state index is 12.3. The number of amides is 1. The highest BCUT2D eigenvalue weighted by Crippen LogP contribution is 2.32. The van der Waals surface area contributed by atoms with Crippen LogP contribution >= 0.6 is 0 Å². The minimum Gasteiger partial charge on any atom is -0.454 e. The predicted octanol–water partition coefficient (Wildman–Crippen LogP) is 3.26. The Morgan fingerprint density at radius 3 is 2.77 bits per heavy atom. The summed E-state index contributed by atoms with van der Waals surface area (Å²) < 4.78 is 16.1. The van der Waals surface area contributed by atoms with Gasteiger partial charge in [0.05, 0.1) is 6.42 Å².